The number of nitrogens with zero attached hydrogens (tertiary/aromatic N) is 4. The number of rotatable bonds is 1. The van der Waals surface area contributed by atoms with Crippen molar-refractivity contribution in [3.8, 4) is 6.07 Å². The van der Waals surface area contributed by atoms with Crippen LogP contribution >= 0.6 is 0 Å². The molecule has 2 saturated heterocycles. The lowest BCUT2D eigenvalue weighted by Crippen LogP contribution is -2.59. The van der Waals surface area contributed by atoms with Gasteiger partial charge in [0.25, 0.3) is 0 Å². The number of piperazine rings is 1. The van der Waals surface area contributed by atoms with Gasteiger partial charge in [-0.05, 0) is 32.4 Å². The van der Waals surface area contributed by atoms with Crippen LogP contribution in [0.15, 0.2) is 12.3 Å². The molecule has 106 valence electrons. The van der Waals surface area contributed by atoms with E-state index in [0.717, 1.165) is 18.9 Å². The van der Waals surface area contributed by atoms with Gasteiger partial charge in [0.2, 0.25) is 0 Å². The van der Waals surface area contributed by atoms with Gasteiger partial charge in [-0.25, -0.2) is 4.98 Å². The van der Waals surface area contributed by atoms with Crippen LogP contribution in [0.3, 0.4) is 0 Å². The highest BCUT2D eigenvalue weighted by molar-refractivity contribution is 5.65. The van der Waals surface area contributed by atoms with Crippen LogP contribution in [0.5, 0.6) is 0 Å². The normalized spacial score (nSPS) is 26.9. The van der Waals surface area contributed by atoms with E-state index < -0.39 is 0 Å². The third kappa shape index (κ3) is 2.32. The molecule has 2 N–H and O–H groups in total. The molecule has 2 atom stereocenters. The summed E-state index contributed by atoms with van der Waals surface area (Å²) in [6.07, 6.45) is 5.52. The van der Waals surface area contributed by atoms with Crippen LogP contribution in [0.25, 0.3) is 0 Å². The molecule has 20 heavy (non-hydrogen) atoms. The molecule has 1 aromatic heterocycles. The fourth-order valence-corrected chi connectivity index (χ4v) is 3.42. The Morgan fingerprint density at radius 3 is 3.00 bits per heavy atom. The lowest BCUT2D eigenvalue weighted by atomic mass is 9.97. The Balaban J connectivity index is 1.84. The molecule has 3 rings (SSSR count). The van der Waals surface area contributed by atoms with Gasteiger partial charge in [-0.1, -0.05) is 6.42 Å². The summed E-state index contributed by atoms with van der Waals surface area (Å²) in [6.45, 7) is 5.51. The average molecular weight is 271 g/mol. The Bertz CT molecular complexity index is 536. The average Bonchev–Trinajstić information content (AvgIpc) is 2.46. The number of hydrogen-bond acceptors (Lipinski definition) is 5. The summed E-state index contributed by atoms with van der Waals surface area (Å²) in [5.41, 5.74) is 7.22. The fourth-order valence-electron chi connectivity index (χ4n) is 3.42. The quantitative estimate of drug-likeness (QED) is 0.840. The van der Waals surface area contributed by atoms with Gasteiger partial charge in [-0.3, -0.25) is 4.90 Å². The predicted molar refractivity (Wildman–Crippen MR) is 79.4 cm³/mol. The van der Waals surface area contributed by atoms with E-state index >= 15 is 0 Å². The van der Waals surface area contributed by atoms with Crippen molar-refractivity contribution < 1.29 is 0 Å². The first-order chi connectivity index (χ1) is 9.69. The van der Waals surface area contributed by atoms with Crippen molar-refractivity contribution in [1.82, 2.24) is 9.88 Å². The zero-order valence-electron chi connectivity index (χ0n) is 11.9. The van der Waals surface area contributed by atoms with Gasteiger partial charge in [-0.15, -0.1) is 0 Å². The van der Waals surface area contributed by atoms with E-state index in [1.807, 2.05) is 0 Å². The second kappa shape index (κ2) is 5.29. The van der Waals surface area contributed by atoms with Crippen molar-refractivity contribution in [2.75, 3.05) is 30.3 Å². The molecule has 0 radical (unpaired) electrons. The predicted octanol–water partition coefficient (Wildman–Crippen LogP) is 1.60. The maximum atomic E-state index is 8.90. The number of fused-ring (bicyclic) bond motifs is 1. The van der Waals surface area contributed by atoms with Crippen LogP contribution in [-0.2, 0) is 0 Å². The van der Waals surface area contributed by atoms with Crippen LogP contribution in [0.1, 0.15) is 31.7 Å². The summed E-state index contributed by atoms with van der Waals surface area (Å²) < 4.78 is 0. The number of nitrogens with two attached hydrogens (primary N) is 1. The van der Waals surface area contributed by atoms with Gasteiger partial charge >= 0.3 is 0 Å². The minimum absolute atomic E-state index is 0.409. The SMILES string of the molecule is CC1CN2CCCCC2CN1c1ncc(C#N)cc1N. The van der Waals surface area contributed by atoms with Crippen LogP contribution in [0.4, 0.5) is 11.5 Å². The summed E-state index contributed by atoms with van der Waals surface area (Å²) in [7, 11) is 0. The second-order valence-electron chi connectivity index (χ2n) is 5.89. The summed E-state index contributed by atoms with van der Waals surface area (Å²) in [6, 6.07) is 4.84. The number of aromatic nitrogens is 1. The fraction of sp³-hybridized carbons (Fsp3) is 0.600. The summed E-state index contributed by atoms with van der Waals surface area (Å²) >= 11 is 0. The maximum Gasteiger partial charge on any atom is 0.152 e. The standard InChI is InChI=1S/C15H21N5/c1-11-9-19-5-3-2-4-13(19)10-20(11)15-14(17)6-12(7-16)8-18-15/h6,8,11,13H,2-5,9-10,17H2,1H3. The molecule has 1 aromatic rings. The zero-order valence-corrected chi connectivity index (χ0v) is 11.9. The van der Waals surface area contributed by atoms with Crippen molar-refractivity contribution in [3.05, 3.63) is 17.8 Å². The van der Waals surface area contributed by atoms with E-state index in [2.05, 4.69) is 27.8 Å². The summed E-state index contributed by atoms with van der Waals surface area (Å²) in [5, 5.41) is 8.90. The first-order valence-electron chi connectivity index (χ1n) is 7.35. The molecule has 0 aliphatic carbocycles. The molecule has 0 saturated carbocycles. The van der Waals surface area contributed by atoms with E-state index in [0.29, 0.717) is 23.3 Å². The van der Waals surface area contributed by atoms with Gasteiger partial charge in [0, 0.05) is 31.4 Å². The molecule has 5 nitrogen and oxygen atoms in total. The van der Waals surface area contributed by atoms with Crippen molar-refractivity contribution in [2.45, 2.75) is 38.3 Å². The molecule has 2 fully saturated rings. The van der Waals surface area contributed by atoms with Gasteiger partial charge in [0.1, 0.15) is 6.07 Å². The van der Waals surface area contributed by atoms with Crippen molar-refractivity contribution in [3.63, 3.8) is 0 Å². The van der Waals surface area contributed by atoms with Crippen LogP contribution < -0.4 is 10.6 Å². The van der Waals surface area contributed by atoms with E-state index in [4.69, 9.17) is 11.0 Å². The third-order valence-corrected chi connectivity index (χ3v) is 4.48. The molecule has 2 unspecified atom stereocenters. The van der Waals surface area contributed by atoms with E-state index in [-0.39, 0.29) is 0 Å². The maximum absolute atomic E-state index is 8.90. The highest BCUT2D eigenvalue weighted by atomic mass is 15.3. The van der Waals surface area contributed by atoms with Gasteiger partial charge in [0.15, 0.2) is 5.82 Å². The zero-order chi connectivity index (χ0) is 14.1. The Morgan fingerprint density at radius 1 is 1.40 bits per heavy atom. The molecule has 2 aliphatic rings. The largest absolute Gasteiger partial charge is 0.396 e. The van der Waals surface area contributed by atoms with Crippen LogP contribution in [-0.4, -0.2) is 41.6 Å². The lowest BCUT2D eigenvalue weighted by molar-refractivity contribution is 0.115. The highest BCUT2D eigenvalue weighted by Crippen LogP contribution is 2.30. The molecule has 0 bridgehead atoms. The Labute approximate surface area is 120 Å². The number of piperidine rings is 1. The second-order valence-corrected chi connectivity index (χ2v) is 5.89. The van der Waals surface area contributed by atoms with E-state index in [9.17, 15) is 0 Å². The minimum Gasteiger partial charge on any atom is -0.396 e. The molecule has 0 aromatic carbocycles. The molecule has 2 aliphatic heterocycles. The van der Waals surface area contributed by atoms with Crippen molar-refractivity contribution in [1.29, 1.82) is 5.26 Å². The number of hydrogen-bond donors (Lipinski definition) is 1. The van der Waals surface area contributed by atoms with Gasteiger partial charge < -0.3 is 10.6 Å². The molecule has 0 spiro atoms. The third-order valence-electron chi connectivity index (χ3n) is 4.48. The smallest absolute Gasteiger partial charge is 0.152 e. The first kappa shape index (κ1) is 13.2. The monoisotopic (exact) mass is 271 g/mol. The van der Waals surface area contributed by atoms with Crippen molar-refractivity contribution >= 4 is 11.5 Å². The number of nitrogen functional groups attached to an aromatic ring is 1. The lowest BCUT2D eigenvalue weighted by Gasteiger charge is -2.48. The van der Waals surface area contributed by atoms with E-state index in [1.54, 1.807) is 12.3 Å². The van der Waals surface area contributed by atoms with Crippen LogP contribution in [0.2, 0.25) is 0 Å². The minimum atomic E-state index is 0.409. The molecule has 5 heteroatoms. The number of nitriles is 1. The molecule has 0 amide bonds. The van der Waals surface area contributed by atoms with Gasteiger partial charge in [0.05, 0.1) is 11.3 Å². The molecule has 3 heterocycles. The van der Waals surface area contributed by atoms with Crippen molar-refractivity contribution in [2.24, 2.45) is 0 Å². The Morgan fingerprint density at radius 2 is 2.25 bits per heavy atom. The topological polar surface area (TPSA) is 69.2 Å². The first-order valence-corrected chi connectivity index (χ1v) is 7.35. The highest BCUT2D eigenvalue weighted by Gasteiger charge is 2.34. The molecular formula is C15H21N5. The Hall–Kier alpha value is -1.80. The summed E-state index contributed by atoms with van der Waals surface area (Å²) in [4.78, 5) is 9.33. The van der Waals surface area contributed by atoms with Gasteiger partial charge in [-0.2, -0.15) is 5.26 Å². The van der Waals surface area contributed by atoms with Crippen LogP contribution in [0, 0.1) is 11.3 Å². The number of anilines is 2. The number of pyridine rings is 1. The Kier molecular flexibility index (Phi) is 3.49. The summed E-state index contributed by atoms with van der Waals surface area (Å²) in [5.74, 6) is 0.835. The molecular weight excluding hydrogens is 250 g/mol. The van der Waals surface area contributed by atoms with E-state index in [1.165, 1.54) is 25.8 Å².